The highest BCUT2D eigenvalue weighted by molar-refractivity contribution is 8.12. The van der Waals surface area contributed by atoms with E-state index < -0.39 is 37.7 Å². The lowest BCUT2D eigenvalue weighted by Gasteiger charge is -2.22. The van der Waals surface area contributed by atoms with Crippen LogP contribution in [0.3, 0.4) is 0 Å². The maximum absolute atomic E-state index is 13.5. The van der Waals surface area contributed by atoms with Crippen molar-refractivity contribution in [1.82, 2.24) is 0 Å². The third-order valence-corrected chi connectivity index (χ3v) is 9.02. The molecule has 3 aromatic carbocycles. The summed E-state index contributed by atoms with van der Waals surface area (Å²) < 4.78 is 63.6. The normalized spacial score (nSPS) is 12.0. The molecule has 0 spiro atoms. The second kappa shape index (κ2) is 12.5. The third kappa shape index (κ3) is 7.70. The highest BCUT2D eigenvalue weighted by Gasteiger charge is 2.33. The minimum atomic E-state index is -4.81. The summed E-state index contributed by atoms with van der Waals surface area (Å²) in [5.74, 6) is -1.89. The largest absolute Gasteiger partial charge is 0.465 e. The molecule has 204 valence electrons. The molecular formula is C26H21Cl2NO8S2. The lowest BCUT2D eigenvalue weighted by Crippen LogP contribution is -2.34. The van der Waals surface area contributed by atoms with Gasteiger partial charge in [-0.2, -0.15) is 3.71 Å². The van der Waals surface area contributed by atoms with Crippen molar-refractivity contribution in [3.8, 4) is 0 Å². The van der Waals surface area contributed by atoms with Crippen LogP contribution >= 0.6 is 23.2 Å². The van der Waals surface area contributed by atoms with E-state index in [1.54, 1.807) is 36.4 Å². The zero-order chi connectivity index (χ0) is 28.8. The molecule has 0 amide bonds. The molecule has 0 fully saturated rings. The van der Waals surface area contributed by atoms with Crippen molar-refractivity contribution in [1.29, 1.82) is 0 Å². The number of esters is 2. The van der Waals surface area contributed by atoms with Gasteiger partial charge in [-0.15, -0.1) is 0 Å². The Hall–Kier alpha value is -3.64. The Morgan fingerprint density at radius 2 is 1.10 bits per heavy atom. The average molecular weight is 610 g/mol. The molecule has 0 bridgehead atoms. The molecule has 0 heterocycles. The quantitative estimate of drug-likeness (QED) is 0.296. The van der Waals surface area contributed by atoms with Gasteiger partial charge >= 0.3 is 11.9 Å². The van der Waals surface area contributed by atoms with E-state index in [1.807, 2.05) is 0 Å². The van der Waals surface area contributed by atoms with Crippen LogP contribution in [0.25, 0.3) is 12.2 Å². The first-order valence-electron chi connectivity index (χ1n) is 10.9. The van der Waals surface area contributed by atoms with Crippen molar-refractivity contribution in [2.75, 3.05) is 17.9 Å². The Morgan fingerprint density at radius 3 is 1.46 bits per heavy atom. The predicted molar refractivity (Wildman–Crippen MR) is 150 cm³/mol. The van der Waals surface area contributed by atoms with E-state index in [4.69, 9.17) is 23.2 Å². The molecule has 0 radical (unpaired) electrons. The minimum absolute atomic E-state index is 0.0843. The lowest BCUT2D eigenvalue weighted by molar-refractivity contribution is 0.0599. The molecule has 0 aromatic heterocycles. The van der Waals surface area contributed by atoms with Crippen molar-refractivity contribution < 1.29 is 35.9 Å². The third-order valence-electron chi connectivity index (χ3n) is 5.00. The Labute approximate surface area is 236 Å². The van der Waals surface area contributed by atoms with Gasteiger partial charge in [0.25, 0.3) is 20.0 Å². The maximum atomic E-state index is 13.5. The lowest BCUT2D eigenvalue weighted by atomic mass is 10.1. The molecule has 3 aromatic rings. The zero-order valence-electron chi connectivity index (χ0n) is 20.4. The fraction of sp³-hybridized carbons (Fsp3) is 0.0769. The van der Waals surface area contributed by atoms with E-state index >= 15 is 0 Å². The van der Waals surface area contributed by atoms with Crippen molar-refractivity contribution >= 4 is 73.0 Å². The molecule has 39 heavy (non-hydrogen) atoms. The SMILES string of the molecule is COC(=O)c1cc(C(=O)OC)cc(N(S(=O)(=O)/C=C/c2cccc(Cl)c2)S(=O)(=O)/C=C/c2cccc(Cl)c2)c1. The fourth-order valence-corrected chi connectivity index (χ4v) is 6.82. The van der Waals surface area contributed by atoms with Crippen molar-refractivity contribution in [2.24, 2.45) is 0 Å². The Morgan fingerprint density at radius 1 is 0.692 bits per heavy atom. The highest BCUT2D eigenvalue weighted by Crippen LogP contribution is 2.29. The number of benzene rings is 3. The predicted octanol–water partition coefficient (Wildman–Crippen LogP) is 5.37. The van der Waals surface area contributed by atoms with E-state index in [0.717, 1.165) is 44.6 Å². The summed E-state index contributed by atoms with van der Waals surface area (Å²) in [7, 11) is -7.49. The Bertz CT molecular complexity index is 1560. The van der Waals surface area contributed by atoms with Crippen LogP contribution in [0.15, 0.2) is 77.5 Å². The molecule has 0 saturated carbocycles. The molecule has 3 rings (SSSR count). The number of anilines is 1. The summed E-state index contributed by atoms with van der Waals surface area (Å²) in [6.07, 6.45) is 2.30. The fourth-order valence-electron chi connectivity index (χ4n) is 3.29. The van der Waals surface area contributed by atoms with Gasteiger partial charge in [0.05, 0.1) is 41.8 Å². The van der Waals surface area contributed by atoms with Crippen LogP contribution in [0.4, 0.5) is 5.69 Å². The molecule has 0 atom stereocenters. The summed E-state index contributed by atoms with van der Waals surface area (Å²) >= 11 is 11.9. The van der Waals surface area contributed by atoms with E-state index in [0.29, 0.717) is 32.0 Å². The number of ether oxygens (including phenoxy) is 2. The highest BCUT2D eigenvalue weighted by atomic mass is 35.5. The van der Waals surface area contributed by atoms with Crippen LogP contribution in [0.2, 0.25) is 10.0 Å². The standard InChI is InChI=1S/C26H21Cl2NO8S2/c1-36-25(30)20-15-21(26(31)37-2)17-24(16-20)29(38(32,33)11-9-18-5-3-7-22(27)13-18)39(34,35)12-10-19-6-4-8-23(28)14-19/h3-17H,1-2H3/b11-9+,12-10+. The minimum Gasteiger partial charge on any atom is -0.465 e. The molecule has 0 aliphatic carbocycles. The topological polar surface area (TPSA) is 124 Å². The molecular weight excluding hydrogens is 589 g/mol. The first kappa shape index (κ1) is 29.9. The Balaban J connectivity index is 2.24. The van der Waals surface area contributed by atoms with Crippen LogP contribution in [0.1, 0.15) is 31.8 Å². The molecule has 13 heteroatoms. The Kier molecular flexibility index (Phi) is 9.57. The molecule has 9 nitrogen and oxygen atoms in total. The summed E-state index contributed by atoms with van der Waals surface area (Å²) in [5.41, 5.74) is -0.371. The molecule has 0 saturated heterocycles. The van der Waals surface area contributed by atoms with E-state index in [2.05, 4.69) is 9.47 Å². The van der Waals surface area contributed by atoms with Crippen molar-refractivity contribution in [3.63, 3.8) is 0 Å². The molecule has 0 aliphatic heterocycles. The number of hydrogen-bond donors (Lipinski definition) is 0. The van der Waals surface area contributed by atoms with E-state index in [-0.39, 0.29) is 14.8 Å². The number of carbonyl (C=O) groups excluding carboxylic acids is 2. The number of carbonyl (C=O) groups is 2. The molecule has 0 aliphatic rings. The van der Waals surface area contributed by atoms with Crippen LogP contribution < -0.4 is 3.71 Å². The smallest absolute Gasteiger partial charge is 0.337 e. The number of rotatable bonds is 9. The average Bonchev–Trinajstić information content (AvgIpc) is 2.89. The van der Waals surface area contributed by atoms with Gasteiger partial charge in [0.15, 0.2) is 0 Å². The zero-order valence-corrected chi connectivity index (χ0v) is 23.6. The van der Waals surface area contributed by atoms with Gasteiger partial charge in [0.2, 0.25) is 0 Å². The number of methoxy groups -OCH3 is 2. The monoisotopic (exact) mass is 609 g/mol. The summed E-state index contributed by atoms with van der Waals surface area (Å²) in [6, 6.07) is 15.4. The van der Waals surface area contributed by atoms with Crippen molar-refractivity contribution in [2.45, 2.75) is 0 Å². The molecule has 0 N–H and O–H groups in total. The van der Waals surface area contributed by atoms with Gasteiger partial charge in [-0.1, -0.05) is 47.5 Å². The van der Waals surface area contributed by atoms with Crippen LogP contribution in [0, 0.1) is 0 Å². The van der Waals surface area contributed by atoms with Gasteiger partial charge in [-0.25, -0.2) is 26.4 Å². The van der Waals surface area contributed by atoms with E-state index in [1.165, 1.54) is 12.1 Å². The van der Waals surface area contributed by atoms with Crippen LogP contribution in [-0.2, 0) is 29.5 Å². The van der Waals surface area contributed by atoms with Crippen molar-refractivity contribution in [3.05, 3.63) is 110 Å². The van der Waals surface area contributed by atoms with Crippen LogP contribution in [0.5, 0.6) is 0 Å². The first-order chi connectivity index (χ1) is 18.4. The second-order valence-electron chi connectivity index (χ2n) is 7.75. The van der Waals surface area contributed by atoms with E-state index in [9.17, 15) is 26.4 Å². The maximum Gasteiger partial charge on any atom is 0.337 e. The number of sulfonamides is 2. The summed E-state index contributed by atoms with van der Waals surface area (Å²) in [4.78, 5) is 24.6. The molecule has 0 unspecified atom stereocenters. The van der Waals surface area contributed by atoms with Gasteiger partial charge in [0.1, 0.15) is 0 Å². The van der Waals surface area contributed by atoms with Crippen LogP contribution in [-0.4, -0.2) is 43.0 Å². The number of halogens is 2. The summed E-state index contributed by atoms with van der Waals surface area (Å²) in [6.45, 7) is 0. The number of hydrogen-bond acceptors (Lipinski definition) is 8. The number of nitrogens with zero attached hydrogens (tertiary/aromatic N) is 1. The van der Waals surface area contributed by atoms with Gasteiger partial charge < -0.3 is 9.47 Å². The first-order valence-corrected chi connectivity index (χ1v) is 14.6. The van der Waals surface area contributed by atoms with Gasteiger partial charge in [-0.05, 0) is 65.7 Å². The van der Waals surface area contributed by atoms with Gasteiger partial charge in [-0.3, -0.25) is 0 Å². The summed E-state index contributed by atoms with van der Waals surface area (Å²) in [5, 5.41) is 1.98. The van der Waals surface area contributed by atoms with Gasteiger partial charge in [0, 0.05) is 10.0 Å². The second-order valence-corrected chi connectivity index (χ2v) is 12.2.